The van der Waals surface area contributed by atoms with Crippen molar-refractivity contribution in [3.63, 3.8) is 0 Å². The highest BCUT2D eigenvalue weighted by Gasteiger charge is 2.19. The molecule has 1 fully saturated rings. The first kappa shape index (κ1) is 14.7. The van der Waals surface area contributed by atoms with E-state index >= 15 is 0 Å². The number of halogens is 1. The Hall–Kier alpha value is -1.69. The third-order valence-electron chi connectivity index (χ3n) is 3.76. The third kappa shape index (κ3) is 3.66. The molecule has 20 heavy (non-hydrogen) atoms. The zero-order chi connectivity index (χ0) is 14.5. The molecule has 1 aromatic carbocycles. The van der Waals surface area contributed by atoms with E-state index in [1.165, 1.54) is 31.4 Å². The van der Waals surface area contributed by atoms with Crippen molar-refractivity contribution in [3.8, 4) is 0 Å². The van der Waals surface area contributed by atoms with Crippen molar-refractivity contribution in [3.05, 3.63) is 34.1 Å². The van der Waals surface area contributed by atoms with Gasteiger partial charge in [-0.05, 0) is 45.0 Å². The fourth-order valence-corrected chi connectivity index (χ4v) is 2.55. The van der Waals surface area contributed by atoms with Gasteiger partial charge in [-0.2, -0.15) is 0 Å². The van der Waals surface area contributed by atoms with E-state index in [0.717, 1.165) is 19.2 Å². The van der Waals surface area contributed by atoms with E-state index in [1.54, 1.807) is 0 Å². The van der Waals surface area contributed by atoms with Crippen LogP contribution >= 0.6 is 0 Å². The SMILES string of the molecule is CC(CNc1ccc(F)cc1[N+](=O)[O-])N1CCCCC1. The van der Waals surface area contributed by atoms with E-state index in [4.69, 9.17) is 0 Å². The molecule has 0 amide bonds. The summed E-state index contributed by atoms with van der Waals surface area (Å²) in [4.78, 5) is 12.7. The number of hydrogen-bond acceptors (Lipinski definition) is 4. The normalized spacial score (nSPS) is 17.7. The predicted octanol–water partition coefficient (Wildman–Crippen LogP) is 3.02. The number of nitrogens with zero attached hydrogens (tertiary/aromatic N) is 2. The third-order valence-corrected chi connectivity index (χ3v) is 3.76. The van der Waals surface area contributed by atoms with Crippen LogP contribution in [0.3, 0.4) is 0 Å². The highest BCUT2D eigenvalue weighted by Crippen LogP contribution is 2.25. The van der Waals surface area contributed by atoms with Crippen LogP contribution in [0.25, 0.3) is 0 Å². The molecular weight excluding hydrogens is 261 g/mol. The van der Waals surface area contributed by atoms with Crippen LogP contribution in [0.15, 0.2) is 18.2 Å². The average Bonchev–Trinajstić information content (AvgIpc) is 2.46. The Labute approximate surface area is 117 Å². The molecule has 0 aromatic heterocycles. The van der Waals surface area contributed by atoms with Crippen molar-refractivity contribution in [2.45, 2.75) is 32.2 Å². The van der Waals surface area contributed by atoms with Gasteiger partial charge in [0, 0.05) is 12.6 Å². The molecule has 1 atom stereocenters. The Morgan fingerprint density at radius 1 is 1.40 bits per heavy atom. The maximum absolute atomic E-state index is 13.1. The molecule has 1 aromatic rings. The van der Waals surface area contributed by atoms with Gasteiger partial charge in [0.1, 0.15) is 11.5 Å². The molecule has 6 heteroatoms. The standard InChI is InChI=1S/C14H20FN3O2/c1-11(17-7-3-2-4-8-17)10-16-13-6-5-12(15)9-14(13)18(19)20/h5-6,9,11,16H,2-4,7-8,10H2,1H3. The van der Waals surface area contributed by atoms with Crippen LogP contribution in [0.5, 0.6) is 0 Å². The lowest BCUT2D eigenvalue weighted by molar-refractivity contribution is -0.384. The van der Waals surface area contributed by atoms with Crippen molar-refractivity contribution in [1.29, 1.82) is 0 Å². The quantitative estimate of drug-likeness (QED) is 0.665. The number of anilines is 1. The second-order valence-electron chi connectivity index (χ2n) is 5.25. The highest BCUT2D eigenvalue weighted by atomic mass is 19.1. The molecular formula is C14H20FN3O2. The van der Waals surface area contributed by atoms with Crippen LogP contribution in [0, 0.1) is 15.9 Å². The molecule has 0 aliphatic carbocycles. The summed E-state index contributed by atoms with van der Waals surface area (Å²) in [6, 6.07) is 3.92. The van der Waals surface area contributed by atoms with Crippen molar-refractivity contribution in [2.75, 3.05) is 25.0 Å². The molecule has 1 aliphatic rings. The molecule has 2 rings (SSSR count). The second kappa shape index (κ2) is 6.65. The molecule has 5 nitrogen and oxygen atoms in total. The Morgan fingerprint density at radius 3 is 2.75 bits per heavy atom. The van der Waals surface area contributed by atoms with Crippen molar-refractivity contribution < 1.29 is 9.31 Å². The van der Waals surface area contributed by atoms with Crippen LogP contribution in [-0.2, 0) is 0 Å². The Balaban J connectivity index is 1.97. The largest absolute Gasteiger partial charge is 0.378 e. The summed E-state index contributed by atoms with van der Waals surface area (Å²) in [6.07, 6.45) is 3.70. The molecule has 1 saturated heterocycles. The molecule has 1 aliphatic heterocycles. The zero-order valence-corrected chi connectivity index (χ0v) is 11.6. The topological polar surface area (TPSA) is 58.4 Å². The van der Waals surface area contributed by atoms with Gasteiger partial charge in [0.05, 0.1) is 11.0 Å². The van der Waals surface area contributed by atoms with Crippen molar-refractivity contribution in [2.24, 2.45) is 0 Å². The highest BCUT2D eigenvalue weighted by molar-refractivity contribution is 5.61. The summed E-state index contributed by atoms with van der Waals surface area (Å²) in [5.41, 5.74) is 0.163. The van der Waals surface area contributed by atoms with Crippen LogP contribution in [0.2, 0.25) is 0 Å². The van der Waals surface area contributed by atoms with Gasteiger partial charge in [0.2, 0.25) is 0 Å². The predicted molar refractivity (Wildman–Crippen MR) is 76.4 cm³/mol. The molecule has 0 spiro atoms. The van der Waals surface area contributed by atoms with Gasteiger partial charge in [-0.15, -0.1) is 0 Å². The van der Waals surface area contributed by atoms with Crippen LogP contribution in [-0.4, -0.2) is 35.5 Å². The van der Waals surface area contributed by atoms with E-state index in [2.05, 4.69) is 17.1 Å². The minimum absolute atomic E-state index is 0.212. The van der Waals surface area contributed by atoms with Crippen LogP contribution < -0.4 is 5.32 Å². The molecule has 1 N–H and O–H groups in total. The lowest BCUT2D eigenvalue weighted by Crippen LogP contribution is -2.41. The van der Waals surface area contributed by atoms with Gasteiger partial charge in [-0.3, -0.25) is 15.0 Å². The summed E-state index contributed by atoms with van der Waals surface area (Å²) >= 11 is 0. The van der Waals surface area contributed by atoms with Gasteiger partial charge in [0.25, 0.3) is 5.69 Å². The first-order valence-corrected chi connectivity index (χ1v) is 7.00. The van der Waals surface area contributed by atoms with E-state index in [-0.39, 0.29) is 5.69 Å². The molecule has 0 radical (unpaired) electrons. The maximum atomic E-state index is 13.1. The number of nitrogens with one attached hydrogen (secondary N) is 1. The first-order valence-electron chi connectivity index (χ1n) is 7.00. The van der Waals surface area contributed by atoms with Gasteiger partial charge >= 0.3 is 0 Å². The molecule has 0 saturated carbocycles. The van der Waals surface area contributed by atoms with Gasteiger partial charge in [0.15, 0.2) is 0 Å². The van der Waals surface area contributed by atoms with Crippen LogP contribution in [0.4, 0.5) is 15.8 Å². The summed E-state index contributed by atoms with van der Waals surface area (Å²) in [7, 11) is 0. The lowest BCUT2D eigenvalue weighted by atomic mass is 10.1. The van der Waals surface area contributed by atoms with Gasteiger partial charge in [-0.1, -0.05) is 6.42 Å². The zero-order valence-electron chi connectivity index (χ0n) is 11.6. The minimum Gasteiger partial charge on any atom is -0.378 e. The van der Waals surface area contributed by atoms with Crippen LogP contribution in [0.1, 0.15) is 26.2 Å². The fraction of sp³-hybridized carbons (Fsp3) is 0.571. The molecule has 110 valence electrons. The minimum atomic E-state index is -0.591. The first-order chi connectivity index (χ1) is 9.58. The van der Waals surface area contributed by atoms with Gasteiger partial charge < -0.3 is 5.32 Å². The maximum Gasteiger partial charge on any atom is 0.295 e. The van der Waals surface area contributed by atoms with Gasteiger partial charge in [-0.25, -0.2) is 4.39 Å². The number of piperidine rings is 1. The molecule has 1 unspecified atom stereocenters. The van der Waals surface area contributed by atoms with Crippen molar-refractivity contribution in [1.82, 2.24) is 4.90 Å². The van der Waals surface area contributed by atoms with E-state index < -0.39 is 10.7 Å². The summed E-state index contributed by atoms with van der Waals surface area (Å²) in [5, 5.41) is 14.0. The summed E-state index contributed by atoms with van der Waals surface area (Å²) < 4.78 is 13.1. The van der Waals surface area contributed by atoms with Crippen molar-refractivity contribution >= 4 is 11.4 Å². The second-order valence-corrected chi connectivity index (χ2v) is 5.25. The number of rotatable bonds is 5. The Morgan fingerprint density at radius 2 is 2.10 bits per heavy atom. The number of benzene rings is 1. The number of nitro benzene ring substituents is 1. The molecule has 0 bridgehead atoms. The Bertz CT molecular complexity index is 475. The number of hydrogen-bond donors (Lipinski definition) is 1. The lowest BCUT2D eigenvalue weighted by Gasteiger charge is -2.32. The number of nitro groups is 1. The monoisotopic (exact) mass is 281 g/mol. The Kier molecular flexibility index (Phi) is 4.89. The molecule has 1 heterocycles. The van der Waals surface area contributed by atoms with E-state index in [0.29, 0.717) is 18.3 Å². The average molecular weight is 281 g/mol. The fourth-order valence-electron chi connectivity index (χ4n) is 2.55. The summed E-state index contributed by atoms with van der Waals surface area (Å²) in [5.74, 6) is -0.591. The summed E-state index contributed by atoms with van der Waals surface area (Å²) in [6.45, 7) is 4.88. The van der Waals surface area contributed by atoms with E-state index in [1.807, 2.05) is 0 Å². The smallest absolute Gasteiger partial charge is 0.295 e. The number of likely N-dealkylation sites (tertiary alicyclic amines) is 1. The van der Waals surface area contributed by atoms with E-state index in [9.17, 15) is 14.5 Å².